The molecule has 1 aliphatic heterocycles. The first kappa shape index (κ1) is 16.3. The van der Waals surface area contributed by atoms with Gasteiger partial charge in [-0.3, -0.25) is 4.99 Å². The van der Waals surface area contributed by atoms with Crippen LogP contribution in [0.4, 0.5) is 0 Å². The number of rotatable bonds is 4. The maximum atomic E-state index is 4.81. The maximum absolute atomic E-state index is 4.81. The van der Waals surface area contributed by atoms with E-state index in [1.165, 1.54) is 42.4 Å². The van der Waals surface area contributed by atoms with Crippen LogP contribution in [0.15, 0.2) is 39.9 Å². The second kappa shape index (κ2) is 6.34. The van der Waals surface area contributed by atoms with Crippen molar-refractivity contribution in [2.45, 2.75) is 72.8 Å². The first-order valence-electron chi connectivity index (χ1n) is 8.53. The minimum Gasteiger partial charge on any atom is -0.288 e. The summed E-state index contributed by atoms with van der Waals surface area (Å²) < 4.78 is 0. The molecule has 21 heavy (non-hydrogen) atoms. The van der Waals surface area contributed by atoms with Crippen molar-refractivity contribution in [2.75, 3.05) is 0 Å². The van der Waals surface area contributed by atoms with E-state index in [9.17, 15) is 0 Å². The molecule has 0 N–H and O–H groups in total. The van der Waals surface area contributed by atoms with Gasteiger partial charge in [0, 0.05) is 12.1 Å². The van der Waals surface area contributed by atoms with Crippen LogP contribution in [0.3, 0.4) is 0 Å². The lowest BCUT2D eigenvalue weighted by molar-refractivity contribution is 0.314. The van der Waals surface area contributed by atoms with Gasteiger partial charge in [0.05, 0.1) is 6.04 Å². The van der Waals surface area contributed by atoms with E-state index in [1.54, 1.807) is 0 Å². The van der Waals surface area contributed by atoms with Gasteiger partial charge >= 0.3 is 0 Å². The minimum absolute atomic E-state index is 0.329. The molecule has 0 bridgehead atoms. The van der Waals surface area contributed by atoms with Gasteiger partial charge in [0.15, 0.2) is 0 Å². The Morgan fingerprint density at radius 1 is 1.43 bits per heavy atom. The van der Waals surface area contributed by atoms with Crippen molar-refractivity contribution in [3.63, 3.8) is 0 Å². The van der Waals surface area contributed by atoms with E-state index in [0.29, 0.717) is 17.4 Å². The monoisotopic (exact) mass is 285 g/mol. The molecule has 0 amide bonds. The molecule has 2 aliphatic rings. The van der Waals surface area contributed by atoms with Crippen LogP contribution in [0.2, 0.25) is 0 Å². The molecule has 0 aromatic rings. The van der Waals surface area contributed by atoms with Crippen LogP contribution in [0, 0.1) is 11.3 Å². The SMILES string of the molecule is C=C1C=NC2C(CCC2(C)C)/C1=C/C(CCC)=C(\C)CC. The Morgan fingerprint density at radius 3 is 2.76 bits per heavy atom. The summed E-state index contributed by atoms with van der Waals surface area (Å²) in [7, 11) is 0. The number of hydrogen-bond acceptors (Lipinski definition) is 1. The molecule has 0 saturated heterocycles. The van der Waals surface area contributed by atoms with E-state index in [2.05, 4.69) is 47.3 Å². The van der Waals surface area contributed by atoms with Gasteiger partial charge in [0.25, 0.3) is 0 Å². The molecule has 2 atom stereocenters. The van der Waals surface area contributed by atoms with Crippen LogP contribution < -0.4 is 0 Å². The van der Waals surface area contributed by atoms with E-state index in [4.69, 9.17) is 4.99 Å². The fourth-order valence-electron chi connectivity index (χ4n) is 3.78. The second-order valence-electron chi connectivity index (χ2n) is 7.39. The Bertz CT molecular complexity index is 502. The Labute approximate surface area is 130 Å². The molecule has 116 valence electrons. The molecule has 1 nitrogen and oxygen atoms in total. The third kappa shape index (κ3) is 3.22. The fraction of sp³-hybridized carbons (Fsp3) is 0.650. The van der Waals surface area contributed by atoms with Crippen molar-refractivity contribution in [1.29, 1.82) is 0 Å². The van der Waals surface area contributed by atoms with Crippen LogP contribution in [-0.4, -0.2) is 12.3 Å². The summed E-state index contributed by atoms with van der Waals surface area (Å²) >= 11 is 0. The van der Waals surface area contributed by atoms with Gasteiger partial charge in [0.2, 0.25) is 0 Å². The Kier molecular flexibility index (Phi) is 4.91. The van der Waals surface area contributed by atoms with Crippen molar-refractivity contribution >= 4 is 6.21 Å². The molecule has 0 aromatic carbocycles. The molecule has 0 radical (unpaired) electrons. The number of fused-ring (bicyclic) bond motifs is 1. The molecule has 0 aromatic heterocycles. The van der Waals surface area contributed by atoms with E-state index < -0.39 is 0 Å². The standard InChI is InChI=1S/C20H31N/c1-7-9-16(14(3)8-2)12-18-15(4)13-21-19-17(18)10-11-20(19,5)6/h12-13,17,19H,4,7-11H2,1-3,5-6H3/b16-14+,18-12+. The van der Waals surface area contributed by atoms with Gasteiger partial charge in [-0.1, -0.05) is 52.3 Å². The number of aliphatic imine (C=N–C) groups is 1. The largest absolute Gasteiger partial charge is 0.288 e. The lowest BCUT2D eigenvalue weighted by Crippen LogP contribution is -2.30. The molecule has 2 rings (SSSR count). The Hall–Kier alpha value is -1.11. The summed E-state index contributed by atoms with van der Waals surface area (Å²) in [6, 6.07) is 0.444. The highest BCUT2D eigenvalue weighted by Gasteiger charge is 2.44. The summed E-state index contributed by atoms with van der Waals surface area (Å²) in [5, 5.41) is 0. The number of hydrogen-bond donors (Lipinski definition) is 0. The smallest absolute Gasteiger partial charge is 0.0619 e. The highest BCUT2D eigenvalue weighted by atomic mass is 14.9. The van der Waals surface area contributed by atoms with E-state index in [0.717, 1.165) is 12.0 Å². The number of nitrogens with zero attached hydrogens (tertiary/aromatic N) is 1. The summed E-state index contributed by atoms with van der Waals surface area (Å²) in [4.78, 5) is 4.81. The van der Waals surface area contributed by atoms with Crippen molar-refractivity contribution in [3.8, 4) is 0 Å². The molecule has 1 saturated carbocycles. The van der Waals surface area contributed by atoms with Gasteiger partial charge in [-0.2, -0.15) is 0 Å². The molecule has 0 spiro atoms. The normalized spacial score (nSPS) is 30.5. The number of allylic oxidation sites excluding steroid dienone is 4. The average Bonchev–Trinajstić information content (AvgIpc) is 2.75. The zero-order valence-electron chi connectivity index (χ0n) is 14.5. The van der Waals surface area contributed by atoms with Crippen LogP contribution >= 0.6 is 0 Å². The summed E-state index contributed by atoms with van der Waals surface area (Å²) in [6.45, 7) is 15.8. The molecule has 1 fully saturated rings. The average molecular weight is 285 g/mol. The van der Waals surface area contributed by atoms with Crippen LogP contribution in [0.1, 0.15) is 66.7 Å². The van der Waals surface area contributed by atoms with Crippen molar-refractivity contribution < 1.29 is 0 Å². The van der Waals surface area contributed by atoms with Gasteiger partial charge in [-0.05, 0) is 54.7 Å². The minimum atomic E-state index is 0.329. The lowest BCUT2D eigenvalue weighted by atomic mass is 9.78. The zero-order valence-corrected chi connectivity index (χ0v) is 14.5. The molecular formula is C20H31N. The summed E-state index contributed by atoms with van der Waals surface area (Å²) in [6.07, 6.45) is 10.5. The third-order valence-corrected chi connectivity index (χ3v) is 5.37. The second-order valence-corrected chi connectivity index (χ2v) is 7.39. The van der Waals surface area contributed by atoms with Gasteiger partial charge in [-0.15, -0.1) is 0 Å². The summed E-state index contributed by atoms with van der Waals surface area (Å²) in [5.74, 6) is 0.578. The van der Waals surface area contributed by atoms with E-state index >= 15 is 0 Å². The van der Waals surface area contributed by atoms with Crippen molar-refractivity contribution in [1.82, 2.24) is 0 Å². The lowest BCUT2D eigenvalue weighted by Gasteiger charge is -2.32. The van der Waals surface area contributed by atoms with Gasteiger partial charge in [0.1, 0.15) is 0 Å². The van der Waals surface area contributed by atoms with Crippen molar-refractivity contribution in [2.24, 2.45) is 16.3 Å². The Morgan fingerprint density at radius 2 is 2.14 bits per heavy atom. The maximum Gasteiger partial charge on any atom is 0.0619 e. The molecule has 1 heterocycles. The first-order valence-corrected chi connectivity index (χ1v) is 8.53. The third-order valence-electron chi connectivity index (χ3n) is 5.37. The van der Waals surface area contributed by atoms with E-state index in [1.807, 2.05) is 6.21 Å². The molecule has 1 aliphatic carbocycles. The first-order chi connectivity index (χ1) is 9.90. The van der Waals surface area contributed by atoms with Crippen LogP contribution in [0.25, 0.3) is 0 Å². The van der Waals surface area contributed by atoms with Gasteiger partial charge in [-0.25, -0.2) is 0 Å². The Balaban J connectivity index is 2.40. The van der Waals surface area contributed by atoms with Gasteiger partial charge < -0.3 is 0 Å². The topological polar surface area (TPSA) is 12.4 Å². The highest BCUT2D eigenvalue weighted by Crippen LogP contribution is 2.49. The fourth-order valence-corrected chi connectivity index (χ4v) is 3.78. The molecule has 2 unspecified atom stereocenters. The predicted octanol–water partition coefficient (Wildman–Crippen LogP) is 5.88. The predicted molar refractivity (Wildman–Crippen MR) is 93.9 cm³/mol. The quantitative estimate of drug-likeness (QED) is 0.611. The molecule has 1 heteroatoms. The zero-order chi connectivity index (χ0) is 15.6. The van der Waals surface area contributed by atoms with E-state index in [-0.39, 0.29) is 0 Å². The highest BCUT2D eigenvalue weighted by molar-refractivity contribution is 5.86. The van der Waals surface area contributed by atoms with Crippen LogP contribution in [-0.2, 0) is 0 Å². The molecular weight excluding hydrogens is 254 g/mol. The van der Waals surface area contributed by atoms with Crippen molar-refractivity contribution in [3.05, 3.63) is 34.9 Å². The summed E-state index contributed by atoms with van der Waals surface area (Å²) in [5.41, 5.74) is 5.96. The van der Waals surface area contributed by atoms with Crippen LogP contribution in [0.5, 0.6) is 0 Å².